The third-order valence-corrected chi connectivity index (χ3v) is 5.52. The van der Waals surface area contributed by atoms with Crippen molar-refractivity contribution in [2.24, 2.45) is 23.7 Å². The number of hydrogen-bond donors (Lipinski definition) is 0. The Morgan fingerprint density at radius 2 is 2.00 bits per heavy atom. The first kappa shape index (κ1) is 11.3. The lowest BCUT2D eigenvalue weighted by Crippen LogP contribution is -2.45. The fraction of sp³-hybridized carbons (Fsp3) is 0.800. The minimum Gasteiger partial charge on any atom is -0.454 e. The summed E-state index contributed by atoms with van der Waals surface area (Å²) >= 11 is 0. The second kappa shape index (κ2) is 3.60. The molecular formula is C15H22O2. The van der Waals surface area contributed by atoms with Crippen LogP contribution in [0.3, 0.4) is 0 Å². The van der Waals surface area contributed by atoms with E-state index < -0.39 is 0 Å². The fourth-order valence-electron chi connectivity index (χ4n) is 5.04. The second-order valence-electron chi connectivity index (χ2n) is 6.33. The molecule has 5 unspecified atom stereocenters. The molecule has 2 heteroatoms. The lowest BCUT2D eigenvalue weighted by molar-refractivity contribution is -0.161. The molecule has 17 heavy (non-hydrogen) atoms. The molecule has 0 amide bonds. The first-order valence-electron chi connectivity index (χ1n) is 6.90. The zero-order chi connectivity index (χ0) is 12.2. The third-order valence-electron chi connectivity index (χ3n) is 5.52. The van der Waals surface area contributed by atoms with Gasteiger partial charge in [-0.15, -0.1) is 0 Å². The van der Waals surface area contributed by atoms with E-state index in [4.69, 9.17) is 4.74 Å². The topological polar surface area (TPSA) is 26.3 Å². The van der Waals surface area contributed by atoms with E-state index in [1.807, 2.05) is 6.92 Å². The number of fused-ring (bicyclic) bond motifs is 5. The first-order chi connectivity index (χ1) is 8.04. The number of rotatable bonds is 2. The van der Waals surface area contributed by atoms with E-state index in [-0.39, 0.29) is 11.6 Å². The van der Waals surface area contributed by atoms with Gasteiger partial charge in [-0.2, -0.15) is 0 Å². The van der Waals surface area contributed by atoms with Gasteiger partial charge in [0.1, 0.15) is 5.60 Å². The van der Waals surface area contributed by atoms with Crippen LogP contribution in [0, 0.1) is 23.7 Å². The Morgan fingerprint density at radius 3 is 2.65 bits per heavy atom. The summed E-state index contributed by atoms with van der Waals surface area (Å²) in [5.41, 5.74) is 0.743. The molecule has 3 fully saturated rings. The van der Waals surface area contributed by atoms with Gasteiger partial charge in [-0.1, -0.05) is 13.0 Å². The molecule has 0 aromatic carbocycles. The van der Waals surface area contributed by atoms with Gasteiger partial charge >= 0.3 is 5.97 Å². The Kier molecular flexibility index (Phi) is 2.39. The van der Waals surface area contributed by atoms with E-state index in [1.165, 1.54) is 32.6 Å². The summed E-state index contributed by atoms with van der Waals surface area (Å²) < 4.78 is 5.76. The van der Waals surface area contributed by atoms with Crippen molar-refractivity contribution < 1.29 is 9.53 Å². The van der Waals surface area contributed by atoms with Gasteiger partial charge in [0.05, 0.1) is 0 Å². The smallest absolute Gasteiger partial charge is 0.303 e. The van der Waals surface area contributed by atoms with Gasteiger partial charge in [-0.3, -0.25) is 4.79 Å². The Labute approximate surface area is 103 Å². The molecule has 0 heterocycles. The highest BCUT2D eigenvalue weighted by molar-refractivity contribution is 5.67. The molecule has 3 aliphatic carbocycles. The normalized spacial score (nSPS) is 46.9. The van der Waals surface area contributed by atoms with Crippen molar-refractivity contribution in [2.75, 3.05) is 0 Å². The molecule has 3 aliphatic rings. The quantitative estimate of drug-likeness (QED) is 0.541. The summed E-state index contributed by atoms with van der Waals surface area (Å²) in [6.07, 6.45) is 6.40. The molecule has 2 nitrogen and oxygen atoms in total. The molecule has 94 valence electrons. The van der Waals surface area contributed by atoms with Crippen molar-refractivity contribution in [1.82, 2.24) is 0 Å². The van der Waals surface area contributed by atoms with Crippen LogP contribution in [0.5, 0.6) is 0 Å². The van der Waals surface area contributed by atoms with Crippen molar-refractivity contribution in [3.8, 4) is 0 Å². The van der Waals surface area contributed by atoms with Crippen LogP contribution in [0.2, 0.25) is 0 Å². The lowest BCUT2D eigenvalue weighted by atomic mass is 9.70. The van der Waals surface area contributed by atoms with Crippen molar-refractivity contribution in [2.45, 2.75) is 51.6 Å². The van der Waals surface area contributed by atoms with E-state index in [9.17, 15) is 4.79 Å². The largest absolute Gasteiger partial charge is 0.454 e. The molecule has 0 saturated heterocycles. The van der Waals surface area contributed by atoms with Crippen LogP contribution in [0.25, 0.3) is 0 Å². The third kappa shape index (κ3) is 1.42. The lowest BCUT2D eigenvalue weighted by Gasteiger charge is -2.42. The molecule has 3 saturated carbocycles. The van der Waals surface area contributed by atoms with Gasteiger partial charge in [-0.05, 0) is 55.9 Å². The Bertz CT molecular complexity index is 373. The van der Waals surface area contributed by atoms with Gasteiger partial charge in [-0.25, -0.2) is 0 Å². The summed E-state index contributed by atoms with van der Waals surface area (Å²) in [5, 5.41) is 0. The van der Waals surface area contributed by atoms with Gasteiger partial charge in [0.15, 0.2) is 0 Å². The second-order valence-corrected chi connectivity index (χ2v) is 6.33. The van der Waals surface area contributed by atoms with Crippen LogP contribution >= 0.6 is 0 Å². The SMILES string of the molecule is C=C(C)C1(OC(C)=O)CC2CC1C1CCCC21. The van der Waals surface area contributed by atoms with Crippen molar-refractivity contribution in [3.05, 3.63) is 12.2 Å². The van der Waals surface area contributed by atoms with Crippen LogP contribution in [0.15, 0.2) is 12.2 Å². The Morgan fingerprint density at radius 1 is 1.29 bits per heavy atom. The van der Waals surface area contributed by atoms with Crippen molar-refractivity contribution in [3.63, 3.8) is 0 Å². The number of ether oxygens (including phenoxy) is 1. The Balaban J connectivity index is 1.92. The van der Waals surface area contributed by atoms with E-state index in [0.717, 1.165) is 29.7 Å². The molecule has 2 bridgehead atoms. The molecule has 3 rings (SSSR count). The predicted molar refractivity (Wildman–Crippen MR) is 66.4 cm³/mol. The van der Waals surface area contributed by atoms with E-state index in [0.29, 0.717) is 5.92 Å². The van der Waals surface area contributed by atoms with Gasteiger partial charge < -0.3 is 4.74 Å². The molecule has 0 N–H and O–H groups in total. The summed E-state index contributed by atoms with van der Waals surface area (Å²) in [7, 11) is 0. The van der Waals surface area contributed by atoms with Gasteiger partial charge in [0.25, 0.3) is 0 Å². The molecule has 0 aromatic heterocycles. The maximum Gasteiger partial charge on any atom is 0.303 e. The summed E-state index contributed by atoms with van der Waals surface area (Å²) in [5.74, 6) is 2.91. The highest BCUT2D eigenvalue weighted by Crippen LogP contribution is 2.64. The van der Waals surface area contributed by atoms with Crippen LogP contribution in [0.1, 0.15) is 46.0 Å². The Hall–Kier alpha value is -0.790. The van der Waals surface area contributed by atoms with Crippen LogP contribution < -0.4 is 0 Å². The zero-order valence-electron chi connectivity index (χ0n) is 10.9. The standard InChI is InChI=1S/C15H22O2/c1-9(2)15(17-10(3)16)8-11-7-14(15)13-6-4-5-12(11)13/h11-14H,1,4-8H2,2-3H3. The van der Waals surface area contributed by atoms with E-state index >= 15 is 0 Å². The molecule has 0 aliphatic heterocycles. The number of carbonyl (C=O) groups is 1. The van der Waals surface area contributed by atoms with Crippen LogP contribution in [-0.2, 0) is 9.53 Å². The maximum atomic E-state index is 11.4. The molecule has 0 spiro atoms. The molecule has 0 radical (unpaired) electrons. The van der Waals surface area contributed by atoms with E-state index in [2.05, 4.69) is 6.58 Å². The number of hydrogen-bond acceptors (Lipinski definition) is 2. The summed E-state index contributed by atoms with van der Waals surface area (Å²) in [6.45, 7) is 7.68. The van der Waals surface area contributed by atoms with Crippen molar-refractivity contribution in [1.29, 1.82) is 0 Å². The highest BCUT2D eigenvalue weighted by Gasteiger charge is 2.62. The van der Waals surface area contributed by atoms with Crippen molar-refractivity contribution >= 4 is 5.97 Å². The van der Waals surface area contributed by atoms with Gasteiger partial charge in [0.2, 0.25) is 0 Å². The predicted octanol–water partition coefficient (Wildman–Crippen LogP) is 3.32. The zero-order valence-corrected chi connectivity index (χ0v) is 10.9. The van der Waals surface area contributed by atoms with Crippen LogP contribution in [0.4, 0.5) is 0 Å². The van der Waals surface area contributed by atoms with Gasteiger partial charge in [0, 0.05) is 12.8 Å². The minimum atomic E-state index is -0.317. The average molecular weight is 234 g/mol. The molecule has 5 atom stereocenters. The maximum absolute atomic E-state index is 11.4. The van der Waals surface area contributed by atoms with E-state index in [1.54, 1.807) is 0 Å². The number of esters is 1. The minimum absolute atomic E-state index is 0.143. The summed E-state index contributed by atoms with van der Waals surface area (Å²) in [6, 6.07) is 0. The first-order valence-corrected chi connectivity index (χ1v) is 6.90. The highest BCUT2D eigenvalue weighted by atomic mass is 16.6. The number of carbonyl (C=O) groups excluding carboxylic acids is 1. The summed E-state index contributed by atoms with van der Waals surface area (Å²) in [4.78, 5) is 11.4. The molecule has 0 aromatic rings. The van der Waals surface area contributed by atoms with Crippen LogP contribution in [-0.4, -0.2) is 11.6 Å². The molecular weight excluding hydrogens is 212 g/mol. The fourth-order valence-corrected chi connectivity index (χ4v) is 5.04. The monoisotopic (exact) mass is 234 g/mol. The average Bonchev–Trinajstić information content (AvgIpc) is 2.83.